The van der Waals surface area contributed by atoms with E-state index in [4.69, 9.17) is 23.2 Å². The maximum Gasteiger partial charge on any atom is 0.233 e. The summed E-state index contributed by atoms with van der Waals surface area (Å²) in [7, 11) is 0. The first-order chi connectivity index (χ1) is 10.5. The summed E-state index contributed by atoms with van der Waals surface area (Å²) in [5.74, 6) is -1.16. The lowest BCUT2D eigenvalue weighted by Crippen LogP contribution is -2.18. The van der Waals surface area contributed by atoms with Gasteiger partial charge in [0.1, 0.15) is 5.92 Å². The van der Waals surface area contributed by atoms with Crippen molar-refractivity contribution in [2.45, 2.75) is 6.42 Å². The number of benzene rings is 2. The maximum atomic E-state index is 12.2. The molecule has 3 nitrogen and oxygen atoms in total. The van der Waals surface area contributed by atoms with Crippen molar-refractivity contribution in [2.24, 2.45) is 5.92 Å². The van der Waals surface area contributed by atoms with Crippen LogP contribution in [-0.4, -0.2) is 16.3 Å². The Bertz CT molecular complexity index is 680. The van der Waals surface area contributed by atoms with Crippen molar-refractivity contribution >= 4 is 39.5 Å². The number of hydrogen-bond donors (Lipinski definition) is 0. The summed E-state index contributed by atoms with van der Waals surface area (Å²) in [6.45, 7) is 0. The van der Waals surface area contributed by atoms with Crippen LogP contribution in [-0.2, 0) is 16.0 Å². The standard InChI is InChI=1S/C17H12Cl2O3/c18-16(21)14(17(19)22)10-11-6-8-13(9-7-11)15(20)12-4-2-1-3-5-12/h1-9,14H,10H2. The number of hydrogen-bond acceptors (Lipinski definition) is 3. The normalized spacial score (nSPS) is 10.5. The topological polar surface area (TPSA) is 51.2 Å². The molecule has 0 amide bonds. The zero-order valence-corrected chi connectivity index (χ0v) is 13.0. The predicted octanol–water partition coefficient (Wildman–Crippen LogP) is 3.61. The fraction of sp³-hybridized carbons (Fsp3) is 0.118. The van der Waals surface area contributed by atoms with Gasteiger partial charge in [-0.1, -0.05) is 54.6 Å². The first-order valence-electron chi connectivity index (χ1n) is 6.56. The predicted molar refractivity (Wildman–Crippen MR) is 85.2 cm³/mol. The lowest BCUT2D eigenvalue weighted by molar-refractivity contribution is -0.123. The highest BCUT2D eigenvalue weighted by Crippen LogP contribution is 2.17. The molecule has 0 radical (unpaired) electrons. The summed E-state index contributed by atoms with van der Waals surface area (Å²) >= 11 is 10.7. The number of carbonyl (C=O) groups is 3. The van der Waals surface area contributed by atoms with Crippen LogP contribution in [0.15, 0.2) is 54.6 Å². The summed E-state index contributed by atoms with van der Waals surface area (Å²) in [6.07, 6.45) is 0.116. The smallest absolute Gasteiger partial charge is 0.233 e. The summed E-state index contributed by atoms with van der Waals surface area (Å²) in [6, 6.07) is 15.6. The molecule has 0 fully saturated rings. The minimum atomic E-state index is -1.07. The molecule has 0 aromatic heterocycles. The quantitative estimate of drug-likeness (QED) is 0.460. The monoisotopic (exact) mass is 334 g/mol. The van der Waals surface area contributed by atoms with Crippen LogP contribution in [0.1, 0.15) is 21.5 Å². The van der Waals surface area contributed by atoms with Crippen LogP contribution in [0.4, 0.5) is 0 Å². The van der Waals surface area contributed by atoms with E-state index in [1.807, 2.05) is 6.07 Å². The van der Waals surface area contributed by atoms with Gasteiger partial charge < -0.3 is 0 Å². The van der Waals surface area contributed by atoms with Gasteiger partial charge >= 0.3 is 0 Å². The molecular formula is C17H12Cl2O3. The van der Waals surface area contributed by atoms with E-state index < -0.39 is 16.4 Å². The van der Waals surface area contributed by atoms with Crippen molar-refractivity contribution in [2.75, 3.05) is 0 Å². The molecule has 0 bridgehead atoms. The van der Waals surface area contributed by atoms with E-state index >= 15 is 0 Å². The van der Waals surface area contributed by atoms with Gasteiger partial charge in [0.25, 0.3) is 0 Å². The third kappa shape index (κ3) is 4.03. The van der Waals surface area contributed by atoms with Gasteiger partial charge in [-0.15, -0.1) is 0 Å². The molecule has 0 spiro atoms. The Labute approximate surface area is 137 Å². The van der Waals surface area contributed by atoms with Crippen LogP contribution in [0.25, 0.3) is 0 Å². The largest absolute Gasteiger partial charge is 0.289 e. The third-order valence-corrected chi connectivity index (χ3v) is 3.77. The van der Waals surface area contributed by atoms with Crippen LogP contribution < -0.4 is 0 Å². The maximum absolute atomic E-state index is 12.2. The van der Waals surface area contributed by atoms with Crippen LogP contribution in [0.5, 0.6) is 0 Å². The SMILES string of the molecule is O=C(c1ccccc1)c1ccc(CC(C(=O)Cl)C(=O)Cl)cc1. The molecule has 112 valence electrons. The van der Waals surface area contributed by atoms with Crippen LogP contribution in [0.3, 0.4) is 0 Å². The van der Waals surface area contributed by atoms with E-state index in [2.05, 4.69) is 0 Å². The molecule has 0 saturated carbocycles. The molecule has 5 heteroatoms. The Morgan fingerprint density at radius 1 is 0.773 bits per heavy atom. The molecular weight excluding hydrogens is 323 g/mol. The summed E-state index contributed by atoms with van der Waals surface area (Å²) in [5, 5.41) is -1.58. The van der Waals surface area contributed by atoms with E-state index in [1.165, 1.54) is 0 Å². The molecule has 0 aliphatic carbocycles. The van der Waals surface area contributed by atoms with Crippen molar-refractivity contribution in [3.8, 4) is 0 Å². The first kappa shape index (κ1) is 16.4. The molecule has 2 rings (SSSR count). The van der Waals surface area contributed by atoms with Gasteiger partial charge in [-0.25, -0.2) is 0 Å². The second kappa shape index (κ2) is 7.34. The van der Waals surface area contributed by atoms with Crippen molar-refractivity contribution < 1.29 is 14.4 Å². The molecule has 0 heterocycles. The lowest BCUT2D eigenvalue weighted by atomic mass is 9.98. The Balaban J connectivity index is 2.15. The van der Waals surface area contributed by atoms with E-state index in [1.54, 1.807) is 48.5 Å². The molecule has 2 aromatic rings. The summed E-state index contributed by atoms with van der Waals surface area (Å²) in [4.78, 5) is 34.6. The summed E-state index contributed by atoms with van der Waals surface area (Å²) in [5.41, 5.74) is 1.83. The highest BCUT2D eigenvalue weighted by atomic mass is 35.5. The van der Waals surface area contributed by atoms with Gasteiger partial charge in [0.05, 0.1) is 0 Å². The van der Waals surface area contributed by atoms with Crippen LogP contribution >= 0.6 is 23.2 Å². The highest BCUT2D eigenvalue weighted by molar-refractivity contribution is 6.73. The average Bonchev–Trinajstić information content (AvgIpc) is 2.52. The number of halogens is 2. The second-order valence-electron chi connectivity index (χ2n) is 4.76. The van der Waals surface area contributed by atoms with Crippen molar-refractivity contribution in [1.82, 2.24) is 0 Å². The molecule has 0 aliphatic heterocycles. The zero-order chi connectivity index (χ0) is 16.1. The van der Waals surface area contributed by atoms with Gasteiger partial charge in [0, 0.05) is 11.1 Å². The van der Waals surface area contributed by atoms with Crippen molar-refractivity contribution in [1.29, 1.82) is 0 Å². The van der Waals surface area contributed by atoms with Crippen LogP contribution in [0.2, 0.25) is 0 Å². The fourth-order valence-electron chi connectivity index (χ4n) is 2.03. The Hall–Kier alpha value is -1.97. The summed E-state index contributed by atoms with van der Waals surface area (Å²) < 4.78 is 0. The van der Waals surface area contributed by atoms with Gasteiger partial charge in [0.15, 0.2) is 5.78 Å². The molecule has 2 aromatic carbocycles. The minimum Gasteiger partial charge on any atom is -0.289 e. The van der Waals surface area contributed by atoms with E-state index in [-0.39, 0.29) is 12.2 Å². The zero-order valence-electron chi connectivity index (χ0n) is 11.5. The average molecular weight is 335 g/mol. The van der Waals surface area contributed by atoms with Gasteiger partial charge in [-0.2, -0.15) is 0 Å². The van der Waals surface area contributed by atoms with Gasteiger partial charge in [-0.3, -0.25) is 14.4 Å². The molecule has 22 heavy (non-hydrogen) atoms. The minimum absolute atomic E-state index is 0.0921. The van der Waals surface area contributed by atoms with E-state index in [9.17, 15) is 14.4 Å². The van der Waals surface area contributed by atoms with E-state index in [0.717, 1.165) is 0 Å². The lowest BCUT2D eigenvalue weighted by Gasteiger charge is -2.08. The Morgan fingerprint density at radius 2 is 1.27 bits per heavy atom. The highest BCUT2D eigenvalue weighted by Gasteiger charge is 2.23. The van der Waals surface area contributed by atoms with Gasteiger partial charge in [-0.05, 0) is 35.2 Å². The fourth-order valence-corrected chi connectivity index (χ4v) is 2.44. The third-order valence-electron chi connectivity index (χ3n) is 3.24. The Morgan fingerprint density at radius 3 is 1.77 bits per heavy atom. The molecule has 0 atom stereocenters. The number of ketones is 1. The number of carbonyl (C=O) groups excluding carboxylic acids is 3. The Kier molecular flexibility index (Phi) is 5.47. The molecule has 0 aliphatic rings. The van der Waals surface area contributed by atoms with E-state index in [0.29, 0.717) is 16.7 Å². The van der Waals surface area contributed by atoms with Crippen molar-refractivity contribution in [3.63, 3.8) is 0 Å². The van der Waals surface area contributed by atoms with Crippen molar-refractivity contribution in [3.05, 3.63) is 71.3 Å². The molecule has 0 N–H and O–H groups in total. The second-order valence-corrected chi connectivity index (χ2v) is 5.50. The van der Waals surface area contributed by atoms with Gasteiger partial charge in [0.2, 0.25) is 10.5 Å². The molecule has 0 saturated heterocycles. The van der Waals surface area contributed by atoms with Crippen LogP contribution in [0, 0.1) is 5.92 Å². The molecule has 0 unspecified atom stereocenters. The first-order valence-corrected chi connectivity index (χ1v) is 7.32. The number of rotatable bonds is 6.